The van der Waals surface area contributed by atoms with Gasteiger partial charge in [0.1, 0.15) is 23.0 Å². The standard InChI is InChI=1S/C14H14O7S/c1-14(2,21-22(16,17)18)11-7-9-10(19-11)5-3-8-4-6-12(15)20-13(8)9/h3-6,11H,7H2,1-2H3,(H,16,17,18)/t11-/m0/s1. The summed E-state index contributed by atoms with van der Waals surface area (Å²) in [6.07, 6.45) is -0.358. The summed E-state index contributed by atoms with van der Waals surface area (Å²) in [6, 6.07) is 6.44. The second-order valence-corrected chi connectivity index (χ2v) is 6.66. The molecule has 3 rings (SSSR count). The summed E-state index contributed by atoms with van der Waals surface area (Å²) < 4.78 is 46.4. The molecule has 1 atom stereocenters. The molecule has 2 heterocycles. The number of benzene rings is 1. The molecule has 1 N–H and O–H groups in total. The van der Waals surface area contributed by atoms with Gasteiger partial charge in [-0.1, -0.05) is 0 Å². The van der Waals surface area contributed by atoms with Crippen LogP contribution in [0.3, 0.4) is 0 Å². The van der Waals surface area contributed by atoms with Gasteiger partial charge >= 0.3 is 16.0 Å². The molecule has 0 bridgehead atoms. The number of ether oxygens (including phenoxy) is 1. The number of hydrogen-bond acceptors (Lipinski definition) is 6. The van der Waals surface area contributed by atoms with Gasteiger partial charge in [-0.2, -0.15) is 8.42 Å². The lowest BCUT2D eigenvalue weighted by Crippen LogP contribution is -2.43. The first-order valence-corrected chi connectivity index (χ1v) is 7.93. The van der Waals surface area contributed by atoms with Crippen LogP contribution in [0.2, 0.25) is 0 Å². The third-order valence-electron chi connectivity index (χ3n) is 3.60. The summed E-state index contributed by atoms with van der Waals surface area (Å²) >= 11 is 0. The van der Waals surface area contributed by atoms with Crippen molar-refractivity contribution in [2.75, 3.05) is 0 Å². The van der Waals surface area contributed by atoms with E-state index in [0.717, 1.165) is 5.39 Å². The Bertz CT molecular complexity index is 895. The molecule has 1 aliphatic rings. The largest absolute Gasteiger partial charge is 0.487 e. The Kier molecular flexibility index (Phi) is 3.28. The monoisotopic (exact) mass is 326 g/mol. The van der Waals surface area contributed by atoms with Gasteiger partial charge in [0.05, 0.1) is 0 Å². The van der Waals surface area contributed by atoms with Crippen LogP contribution in [0.15, 0.2) is 33.5 Å². The molecular formula is C14H14O7S. The van der Waals surface area contributed by atoms with E-state index < -0.39 is 27.7 Å². The highest BCUT2D eigenvalue weighted by Crippen LogP contribution is 2.38. The lowest BCUT2D eigenvalue weighted by Gasteiger charge is -2.28. The van der Waals surface area contributed by atoms with Crippen molar-refractivity contribution in [2.24, 2.45) is 0 Å². The van der Waals surface area contributed by atoms with Crippen molar-refractivity contribution < 1.29 is 26.3 Å². The van der Waals surface area contributed by atoms with E-state index in [2.05, 4.69) is 4.18 Å². The molecule has 0 aliphatic carbocycles. The SMILES string of the molecule is CC(C)(OS(=O)(=O)O)[C@@H]1Cc2c(ccc3ccc(=O)oc23)O1. The highest BCUT2D eigenvalue weighted by molar-refractivity contribution is 7.80. The van der Waals surface area contributed by atoms with Gasteiger partial charge in [-0.15, -0.1) is 0 Å². The van der Waals surface area contributed by atoms with Crippen LogP contribution in [0.4, 0.5) is 0 Å². The van der Waals surface area contributed by atoms with Gasteiger partial charge < -0.3 is 9.15 Å². The molecule has 0 saturated heterocycles. The Morgan fingerprint density at radius 3 is 2.64 bits per heavy atom. The van der Waals surface area contributed by atoms with Crippen molar-refractivity contribution in [3.63, 3.8) is 0 Å². The maximum Gasteiger partial charge on any atom is 0.398 e. The molecule has 1 aromatic heterocycles. The molecule has 2 aromatic rings. The quantitative estimate of drug-likeness (QED) is 0.676. The Morgan fingerprint density at radius 1 is 1.27 bits per heavy atom. The van der Waals surface area contributed by atoms with Gasteiger partial charge in [-0.05, 0) is 32.0 Å². The van der Waals surface area contributed by atoms with E-state index in [0.29, 0.717) is 23.3 Å². The first-order chi connectivity index (χ1) is 10.2. The van der Waals surface area contributed by atoms with Crippen LogP contribution in [0.1, 0.15) is 19.4 Å². The summed E-state index contributed by atoms with van der Waals surface area (Å²) in [5.41, 5.74) is -0.672. The predicted molar refractivity (Wildman–Crippen MR) is 77.3 cm³/mol. The minimum absolute atomic E-state index is 0.294. The van der Waals surface area contributed by atoms with Gasteiger partial charge in [-0.25, -0.2) is 8.98 Å². The molecule has 7 nitrogen and oxygen atoms in total. The lowest BCUT2D eigenvalue weighted by molar-refractivity contribution is -0.00456. The van der Waals surface area contributed by atoms with E-state index in [-0.39, 0.29) is 0 Å². The van der Waals surface area contributed by atoms with Gasteiger partial charge in [0.2, 0.25) is 0 Å². The minimum atomic E-state index is -4.61. The summed E-state index contributed by atoms with van der Waals surface area (Å²) in [5, 5.41) is 0.746. The van der Waals surface area contributed by atoms with Crippen molar-refractivity contribution in [3.8, 4) is 5.75 Å². The van der Waals surface area contributed by atoms with Gasteiger partial charge in [-0.3, -0.25) is 4.55 Å². The number of hydrogen-bond donors (Lipinski definition) is 1. The van der Waals surface area contributed by atoms with E-state index >= 15 is 0 Å². The lowest BCUT2D eigenvalue weighted by atomic mass is 9.96. The second kappa shape index (κ2) is 4.80. The summed E-state index contributed by atoms with van der Waals surface area (Å²) in [6.45, 7) is 2.99. The van der Waals surface area contributed by atoms with E-state index in [9.17, 15) is 13.2 Å². The molecule has 118 valence electrons. The van der Waals surface area contributed by atoms with Crippen molar-refractivity contribution in [1.82, 2.24) is 0 Å². The first-order valence-electron chi connectivity index (χ1n) is 6.56. The molecule has 1 aliphatic heterocycles. The van der Waals surface area contributed by atoms with E-state index in [4.69, 9.17) is 13.7 Å². The van der Waals surface area contributed by atoms with Gasteiger partial charge in [0.15, 0.2) is 0 Å². The van der Waals surface area contributed by atoms with Crippen molar-refractivity contribution in [3.05, 3.63) is 40.2 Å². The number of fused-ring (bicyclic) bond motifs is 3. The highest BCUT2D eigenvalue weighted by atomic mass is 32.3. The molecule has 0 unspecified atom stereocenters. The molecule has 0 fully saturated rings. The molecule has 0 radical (unpaired) electrons. The van der Waals surface area contributed by atoms with E-state index in [1.165, 1.54) is 19.9 Å². The minimum Gasteiger partial charge on any atom is -0.487 e. The Morgan fingerprint density at radius 2 is 1.95 bits per heavy atom. The smallest absolute Gasteiger partial charge is 0.398 e. The molecule has 0 amide bonds. The van der Waals surface area contributed by atoms with Crippen LogP contribution in [0, 0.1) is 0 Å². The second-order valence-electron chi connectivity index (χ2n) is 5.64. The maximum atomic E-state index is 11.4. The molecule has 1 aromatic carbocycles. The zero-order chi connectivity index (χ0) is 16.1. The van der Waals surface area contributed by atoms with Crippen LogP contribution >= 0.6 is 0 Å². The molecule has 8 heteroatoms. The van der Waals surface area contributed by atoms with Crippen LogP contribution < -0.4 is 10.4 Å². The molecular weight excluding hydrogens is 312 g/mol. The van der Waals surface area contributed by atoms with Gasteiger partial charge in [0, 0.05) is 23.4 Å². The zero-order valence-corrected chi connectivity index (χ0v) is 12.7. The fraction of sp³-hybridized carbons (Fsp3) is 0.357. The summed E-state index contributed by atoms with van der Waals surface area (Å²) in [5.74, 6) is 0.499. The Labute approximate surface area is 126 Å². The first kappa shape index (κ1) is 15.0. The van der Waals surface area contributed by atoms with Crippen LogP contribution in [-0.2, 0) is 21.0 Å². The highest BCUT2D eigenvalue weighted by Gasteiger charge is 2.41. The normalized spacial score (nSPS) is 18.2. The van der Waals surface area contributed by atoms with E-state index in [1.807, 2.05) is 0 Å². The average molecular weight is 326 g/mol. The summed E-state index contributed by atoms with van der Waals surface area (Å²) in [4.78, 5) is 11.4. The fourth-order valence-electron chi connectivity index (χ4n) is 2.57. The van der Waals surface area contributed by atoms with Gasteiger partial charge in [0.25, 0.3) is 0 Å². The van der Waals surface area contributed by atoms with Crippen LogP contribution in [-0.4, -0.2) is 24.7 Å². The van der Waals surface area contributed by atoms with Crippen LogP contribution in [0.5, 0.6) is 5.75 Å². The Hall–Kier alpha value is -1.90. The van der Waals surface area contributed by atoms with Crippen molar-refractivity contribution >= 4 is 21.4 Å². The topological polar surface area (TPSA) is 103 Å². The van der Waals surface area contributed by atoms with Crippen LogP contribution in [0.25, 0.3) is 11.0 Å². The molecule has 0 spiro atoms. The fourth-order valence-corrected chi connectivity index (χ4v) is 3.22. The van der Waals surface area contributed by atoms with Crippen molar-refractivity contribution in [1.29, 1.82) is 0 Å². The number of rotatable bonds is 3. The van der Waals surface area contributed by atoms with Crippen molar-refractivity contribution in [2.45, 2.75) is 32.0 Å². The predicted octanol–water partition coefficient (Wildman–Crippen LogP) is 1.69. The van der Waals surface area contributed by atoms with E-state index in [1.54, 1.807) is 18.2 Å². The average Bonchev–Trinajstić information content (AvgIpc) is 2.81. The summed E-state index contributed by atoms with van der Waals surface area (Å²) in [7, 11) is -4.61. The third-order valence-corrected chi connectivity index (χ3v) is 4.24. The molecule has 0 saturated carbocycles. The third kappa shape index (κ3) is 2.72. The Balaban J connectivity index is 2.01. The molecule has 22 heavy (non-hydrogen) atoms. The zero-order valence-electron chi connectivity index (χ0n) is 11.9. The maximum absolute atomic E-state index is 11.4.